The highest BCUT2D eigenvalue weighted by molar-refractivity contribution is 5.36. The minimum atomic E-state index is -0.163. The predicted molar refractivity (Wildman–Crippen MR) is 72.9 cm³/mol. The molecule has 0 radical (unpaired) electrons. The molecule has 1 aromatic rings. The Morgan fingerprint density at radius 2 is 2.37 bits per heavy atom. The lowest BCUT2D eigenvalue weighted by atomic mass is 9.97. The van der Waals surface area contributed by atoms with Crippen molar-refractivity contribution < 1.29 is 9.84 Å². The number of benzene rings is 1. The molecule has 1 N–H and O–H groups in total. The molecule has 1 aromatic carbocycles. The van der Waals surface area contributed by atoms with E-state index in [1.807, 2.05) is 12.1 Å². The van der Waals surface area contributed by atoms with E-state index in [9.17, 15) is 5.11 Å². The monoisotopic (exact) mass is 260 g/mol. The van der Waals surface area contributed by atoms with Crippen LogP contribution in [0.1, 0.15) is 18.9 Å². The topological polar surface area (TPSA) is 56.5 Å². The summed E-state index contributed by atoms with van der Waals surface area (Å²) < 4.78 is 5.66. The van der Waals surface area contributed by atoms with Crippen LogP contribution in [0, 0.1) is 17.2 Å². The number of nitrogens with zero attached hydrogens (tertiary/aromatic N) is 2. The van der Waals surface area contributed by atoms with Crippen LogP contribution in [0.3, 0.4) is 0 Å². The fraction of sp³-hybridized carbons (Fsp3) is 0.533. The molecule has 0 spiro atoms. The van der Waals surface area contributed by atoms with E-state index in [4.69, 9.17) is 10.00 Å². The van der Waals surface area contributed by atoms with Crippen molar-refractivity contribution >= 4 is 0 Å². The summed E-state index contributed by atoms with van der Waals surface area (Å²) in [6.45, 7) is 5.38. The number of hydrogen-bond acceptors (Lipinski definition) is 4. The molecule has 1 saturated heterocycles. The van der Waals surface area contributed by atoms with Crippen molar-refractivity contribution in [2.45, 2.75) is 19.4 Å². The predicted octanol–water partition coefficient (Wildman–Crippen LogP) is 1.64. The molecule has 0 amide bonds. The molecule has 2 atom stereocenters. The summed E-state index contributed by atoms with van der Waals surface area (Å²) in [7, 11) is 0. The number of rotatable bonds is 4. The molecular formula is C15H20N2O2. The SMILES string of the molecule is CC1CN(CCOc2cccc(C#N)c2)CCC1O. The zero-order valence-corrected chi connectivity index (χ0v) is 11.2. The number of ether oxygens (including phenoxy) is 1. The molecule has 102 valence electrons. The van der Waals surface area contributed by atoms with Crippen molar-refractivity contribution in [3.8, 4) is 11.8 Å². The highest BCUT2D eigenvalue weighted by Gasteiger charge is 2.23. The van der Waals surface area contributed by atoms with Gasteiger partial charge in [0, 0.05) is 19.6 Å². The number of nitriles is 1. The first-order valence-electron chi connectivity index (χ1n) is 6.72. The maximum atomic E-state index is 9.67. The van der Waals surface area contributed by atoms with Crippen molar-refractivity contribution in [2.75, 3.05) is 26.2 Å². The zero-order valence-electron chi connectivity index (χ0n) is 11.2. The van der Waals surface area contributed by atoms with E-state index in [1.54, 1.807) is 12.1 Å². The van der Waals surface area contributed by atoms with Gasteiger partial charge in [-0.3, -0.25) is 4.90 Å². The number of piperidine rings is 1. The maximum Gasteiger partial charge on any atom is 0.120 e. The van der Waals surface area contributed by atoms with Crippen molar-refractivity contribution in [1.29, 1.82) is 5.26 Å². The van der Waals surface area contributed by atoms with Crippen LogP contribution < -0.4 is 4.74 Å². The third-order valence-corrected chi connectivity index (χ3v) is 3.58. The number of aliphatic hydroxyl groups is 1. The second-order valence-corrected chi connectivity index (χ2v) is 5.12. The summed E-state index contributed by atoms with van der Waals surface area (Å²) in [4.78, 5) is 2.31. The van der Waals surface area contributed by atoms with E-state index in [2.05, 4.69) is 17.9 Å². The van der Waals surface area contributed by atoms with Crippen molar-refractivity contribution in [2.24, 2.45) is 5.92 Å². The molecule has 1 aliphatic heterocycles. The molecule has 0 aliphatic carbocycles. The van der Waals surface area contributed by atoms with E-state index < -0.39 is 0 Å². The third kappa shape index (κ3) is 3.95. The standard InChI is InChI=1S/C15H20N2O2/c1-12-11-17(6-5-15(12)18)7-8-19-14-4-2-3-13(9-14)10-16/h2-4,9,12,15,18H,5-8,11H2,1H3. The van der Waals surface area contributed by atoms with Crippen molar-refractivity contribution in [3.05, 3.63) is 29.8 Å². The van der Waals surface area contributed by atoms with Crippen molar-refractivity contribution in [1.82, 2.24) is 4.90 Å². The first-order chi connectivity index (χ1) is 9.19. The quantitative estimate of drug-likeness (QED) is 0.894. The molecule has 4 heteroatoms. The minimum Gasteiger partial charge on any atom is -0.492 e. The second-order valence-electron chi connectivity index (χ2n) is 5.12. The normalized spacial score (nSPS) is 23.8. The van der Waals surface area contributed by atoms with Crippen LogP contribution in [0.25, 0.3) is 0 Å². The van der Waals surface area contributed by atoms with Crippen LogP contribution in [0.15, 0.2) is 24.3 Å². The molecule has 19 heavy (non-hydrogen) atoms. The van der Waals surface area contributed by atoms with Crippen LogP contribution in [0.4, 0.5) is 0 Å². The second kappa shape index (κ2) is 6.55. The van der Waals surface area contributed by atoms with Gasteiger partial charge in [0.2, 0.25) is 0 Å². The maximum absolute atomic E-state index is 9.67. The van der Waals surface area contributed by atoms with Crippen LogP contribution in [0.2, 0.25) is 0 Å². The van der Waals surface area contributed by atoms with Gasteiger partial charge in [0.15, 0.2) is 0 Å². The Balaban J connectivity index is 1.76. The van der Waals surface area contributed by atoms with Crippen LogP contribution >= 0.6 is 0 Å². The van der Waals surface area contributed by atoms with Crippen LogP contribution in [-0.4, -0.2) is 42.4 Å². The Morgan fingerprint density at radius 1 is 1.53 bits per heavy atom. The number of likely N-dealkylation sites (tertiary alicyclic amines) is 1. The van der Waals surface area contributed by atoms with Crippen LogP contribution in [-0.2, 0) is 0 Å². The van der Waals surface area contributed by atoms with Gasteiger partial charge >= 0.3 is 0 Å². The van der Waals surface area contributed by atoms with Gasteiger partial charge in [0.1, 0.15) is 12.4 Å². The van der Waals surface area contributed by atoms with Gasteiger partial charge in [-0.1, -0.05) is 13.0 Å². The Hall–Kier alpha value is -1.57. The fourth-order valence-electron chi connectivity index (χ4n) is 2.37. The van der Waals surface area contributed by atoms with Gasteiger partial charge in [-0.25, -0.2) is 0 Å². The number of hydrogen-bond donors (Lipinski definition) is 1. The lowest BCUT2D eigenvalue weighted by Crippen LogP contribution is -2.43. The first kappa shape index (κ1) is 13.9. The number of aliphatic hydroxyl groups excluding tert-OH is 1. The van der Waals surface area contributed by atoms with Gasteiger partial charge < -0.3 is 9.84 Å². The summed E-state index contributed by atoms with van der Waals surface area (Å²) in [5.41, 5.74) is 0.618. The Bertz CT molecular complexity index is 456. The highest BCUT2D eigenvalue weighted by atomic mass is 16.5. The van der Waals surface area contributed by atoms with E-state index in [-0.39, 0.29) is 6.10 Å². The van der Waals surface area contributed by atoms with Gasteiger partial charge in [0.05, 0.1) is 17.7 Å². The summed E-state index contributed by atoms with van der Waals surface area (Å²) in [5.74, 6) is 1.07. The Kier molecular flexibility index (Phi) is 4.78. The average molecular weight is 260 g/mol. The Labute approximate surface area is 114 Å². The lowest BCUT2D eigenvalue weighted by Gasteiger charge is -2.34. The van der Waals surface area contributed by atoms with E-state index in [1.165, 1.54) is 0 Å². The zero-order chi connectivity index (χ0) is 13.7. The molecule has 1 fully saturated rings. The molecule has 1 aliphatic rings. The molecule has 2 rings (SSSR count). The minimum absolute atomic E-state index is 0.163. The van der Waals surface area contributed by atoms with E-state index in [0.29, 0.717) is 18.1 Å². The molecule has 2 unspecified atom stereocenters. The van der Waals surface area contributed by atoms with E-state index >= 15 is 0 Å². The van der Waals surface area contributed by atoms with Gasteiger partial charge in [-0.05, 0) is 30.5 Å². The van der Waals surface area contributed by atoms with Crippen LogP contribution in [0.5, 0.6) is 5.75 Å². The third-order valence-electron chi connectivity index (χ3n) is 3.58. The average Bonchev–Trinajstić information content (AvgIpc) is 2.43. The highest BCUT2D eigenvalue weighted by Crippen LogP contribution is 2.17. The molecule has 0 bridgehead atoms. The van der Waals surface area contributed by atoms with Gasteiger partial charge in [-0.15, -0.1) is 0 Å². The van der Waals surface area contributed by atoms with Gasteiger partial charge in [-0.2, -0.15) is 5.26 Å². The smallest absolute Gasteiger partial charge is 0.120 e. The summed E-state index contributed by atoms with van der Waals surface area (Å²) in [5, 5.41) is 18.5. The molecule has 0 aromatic heterocycles. The van der Waals surface area contributed by atoms with Crippen molar-refractivity contribution in [3.63, 3.8) is 0 Å². The van der Waals surface area contributed by atoms with E-state index in [0.717, 1.165) is 31.8 Å². The molecule has 4 nitrogen and oxygen atoms in total. The Morgan fingerprint density at radius 3 is 3.11 bits per heavy atom. The molecule has 1 heterocycles. The molecule has 0 saturated carbocycles. The lowest BCUT2D eigenvalue weighted by molar-refractivity contribution is 0.0304. The fourth-order valence-corrected chi connectivity index (χ4v) is 2.37. The summed E-state index contributed by atoms with van der Waals surface area (Å²) >= 11 is 0. The largest absolute Gasteiger partial charge is 0.492 e. The van der Waals surface area contributed by atoms with Gasteiger partial charge in [0.25, 0.3) is 0 Å². The molecular weight excluding hydrogens is 240 g/mol. The first-order valence-corrected chi connectivity index (χ1v) is 6.72. The summed E-state index contributed by atoms with van der Waals surface area (Å²) in [6, 6.07) is 9.31. The summed E-state index contributed by atoms with van der Waals surface area (Å²) in [6.07, 6.45) is 0.676.